The Labute approximate surface area is 93.4 Å². The number of alkyl halides is 2. The van der Waals surface area contributed by atoms with Crippen LogP contribution in [0.25, 0.3) is 0 Å². The van der Waals surface area contributed by atoms with Gasteiger partial charge in [-0.15, -0.1) is 23.2 Å². The Morgan fingerprint density at radius 3 is 2.21 bits per heavy atom. The van der Waals surface area contributed by atoms with Gasteiger partial charge >= 0.3 is 0 Å². The molecule has 1 rings (SSSR count). The topological polar surface area (TPSA) is 20.3 Å². The number of hydrogen-bond acceptors (Lipinski definition) is 2. The molecule has 0 saturated heterocycles. The predicted octanol–water partition coefficient (Wildman–Crippen LogP) is 2.56. The zero-order valence-electron chi connectivity index (χ0n) is 7.62. The number of rotatable bonds is 5. The van der Waals surface area contributed by atoms with Crippen LogP contribution in [0.5, 0.6) is 0 Å². The van der Waals surface area contributed by atoms with E-state index in [-0.39, 0.29) is 24.3 Å². The SMILES string of the molecule is O=C(CN(CCl)CCl)c1ccccc1. The fourth-order valence-electron chi connectivity index (χ4n) is 1.03. The van der Waals surface area contributed by atoms with Crippen LogP contribution in [0, 0.1) is 0 Å². The van der Waals surface area contributed by atoms with Crippen molar-refractivity contribution in [2.75, 3.05) is 18.6 Å². The monoisotopic (exact) mass is 231 g/mol. The maximum absolute atomic E-state index is 11.6. The van der Waals surface area contributed by atoms with Crippen LogP contribution in [0.2, 0.25) is 0 Å². The highest BCUT2D eigenvalue weighted by molar-refractivity contribution is 6.20. The third-order valence-corrected chi connectivity index (χ3v) is 2.48. The quantitative estimate of drug-likeness (QED) is 0.441. The summed E-state index contributed by atoms with van der Waals surface area (Å²) in [6.07, 6.45) is 0. The Kier molecular flexibility index (Phi) is 4.94. The van der Waals surface area contributed by atoms with E-state index < -0.39 is 0 Å². The van der Waals surface area contributed by atoms with Crippen LogP contribution in [0.1, 0.15) is 10.4 Å². The highest BCUT2D eigenvalue weighted by atomic mass is 35.5. The zero-order chi connectivity index (χ0) is 10.4. The first-order chi connectivity index (χ1) is 6.77. The van der Waals surface area contributed by atoms with Gasteiger partial charge in [-0.3, -0.25) is 9.69 Å². The molecule has 0 aromatic heterocycles. The Bertz CT molecular complexity index is 285. The number of carbonyl (C=O) groups excluding carboxylic acids is 1. The minimum absolute atomic E-state index is 0.0342. The molecule has 0 spiro atoms. The van der Waals surface area contributed by atoms with E-state index in [4.69, 9.17) is 23.2 Å². The van der Waals surface area contributed by atoms with Crippen molar-refractivity contribution in [2.24, 2.45) is 0 Å². The zero-order valence-corrected chi connectivity index (χ0v) is 9.13. The Balaban J connectivity index is 2.59. The smallest absolute Gasteiger partial charge is 0.176 e. The van der Waals surface area contributed by atoms with Crippen molar-refractivity contribution in [2.45, 2.75) is 0 Å². The highest BCUT2D eigenvalue weighted by Crippen LogP contribution is 2.03. The third-order valence-electron chi connectivity index (χ3n) is 1.80. The van der Waals surface area contributed by atoms with Crippen molar-refractivity contribution >= 4 is 29.0 Å². The molecule has 0 saturated carbocycles. The first-order valence-electron chi connectivity index (χ1n) is 4.20. The van der Waals surface area contributed by atoms with Crippen molar-refractivity contribution in [1.29, 1.82) is 0 Å². The second-order valence-corrected chi connectivity index (χ2v) is 3.34. The summed E-state index contributed by atoms with van der Waals surface area (Å²) in [5, 5.41) is 0. The molecule has 0 N–H and O–H groups in total. The van der Waals surface area contributed by atoms with Gasteiger partial charge in [-0.05, 0) is 0 Å². The van der Waals surface area contributed by atoms with Gasteiger partial charge in [0.1, 0.15) is 0 Å². The van der Waals surface area contributed by atoms with Crippen LogP contribution >= 0.6 is 23.2 Å². The largest absolute Gasteiger partial charge is 0.293 e. The van der Waals surface area contributed by atoms with E-state index in [2.05, 4.69) is 0 Å². The second kappa shape index (κ2) is 6.02. The van der Waals surface area contributed by atoms with E-state index in [9.17, 15) is 4.79 Å². The number of ketones is 1. The first-order valence-corrected chi connectivity index (χ1v) is 5.27. The highest BCUT2D eigenvalue weighted by Gasteiger charge is 2.09. The summed E-state index contributed by atoms with van der Waals surface area (Å²) < 4.78 is 0. The summed E-state index contributed by atoms with van der Waals surface area (Å²) in [4.78, 5) is 13.3. The Morgan fingerprint density at radius 2 is 1.71 bits per heavy atom. The van der Waals surface area contributed by atoms with Crippen molar-refractivity contribution in [3.63, 3.8) is 0 Å². The molecule has 0 unspecified atom stereocenters. The molecule has 2 nitrogen and oxygen atoms in total. The molecule has 0 bridgehead atoms. The molecule has 0 amide bonds. The predicted molar refractivity (Wildman–Crippen MR) is 58.9 cm³/mol. The van der Waals surface area contributed by atoms with Gasteiger partial charge in [0.15, 0.2) is 5.78 Å². The standard InChI is InChI=1S/C10H11Cl2NO/c11-7-13(8-12)6-10(14)9-4-2-1-3-5-9/h1-5H,6-8H2. The van der Waals surface area contributed by atoms with Crippen LogP contribution in [0.4, 0.5) is 0 Å². The van der Waals surface area contributed by atoms with Crippen LogP contribution in [0.15, 0.2) is 30.3 Å². The summed E-state index contributed by atoms with van der Waals surface area (Å²) in [6, 6.07) is 9.63. The van der Waals surface area contributed by atoms with Gasteiger partial charge in [0.05, 0.1) is 18.6 Å². The minimum Gasteiger partial charge on any atom is -0.293 e. The average Bonchev–Trinajstić information content (AvgIpc) is 2.26. The Hall–Kier alpha value is -0.570. The van der Waals surface area contributed by atoms with Crippen molar-refractivity contribution in [1.82, 2.24) is 4.90 Å². The van der Waals surface area contributed by atoms with Crippen LogP contribution in [0.3, 0.4) is 0 Å². The number of Topliss-reactive ketones (excluding diaryl/α,β-unsaturated/α-hetero) is 1. The van der Waals surface area contributed by atoms with E-state index in [1.165, 1.54) is 0 Å². The summed E-state index contributed by atoms with van der Waals surface area (Å²) in [5.41, 5.74) is 0.688. The molecule has 1 aromatic carbocycles. The molecular weight excluding hydrogens is 221 g/mol. The average molecular weight is 232 g/mol. The first kappa shape index (κ1) is 11.5. The normalized spacial score (nSPS) is 10.5. The van der Waals surface area contributed by atoms with Gasteiger partial charge in [-0.25, -0.2) is 0 Å². The van der Waals surface area contributed by atoms with E-state index in [1.807, 2.05) is 18.2 Å². The number of hydrogen-bond donors (Lipinski definition) is 0. The van der Waals surface area contributed by atoms with Crippen molar-refractivity contribution < 1.29 is 4.79 Å². The lowest BCUT2D eigenvalue weighted by Gasteiger charge is -2.13. The van der Waals surface area contributed by atoms with Crippen LogP contribution in [-0.4, -0.2) is 29.2 Å². The molecule has 0 aliphatic rings. The van der Waals surface area contributed by atoms with Crippen LogP contribution in [-0.2, 0) is 0 Å². The molecule has 0 radical (unpaired) electrons. The fourth-order valence-corrected chi connectivity index (χ4v) is 1.46. The van der Waals surface area contributed by atoms with Crippen molar-refractivity contribution in [3.05, 3.63) is 35.9 Å². The maximum atomic E-state index is 11.6. The Morgan fingerprint density at radius 1 is 1.14 bits per heavy atom. The van der Waals surface area contributed by atoms with Gasteiger partial charge in [0.2, 0.25) is 0 Å². The van der Waals surface area contributed by atoms with Crippen molar-refractivity contribution in [3.8, 4) is 0 Å². The lowest BCUT2D eigenvalue weighted by atomic mass is 10.1. The molecule has 4 heteroatoms. The number of benzene rings is 1. The lowest BCUT2D eigenvalue weighted by molar-refractivity contribution is 0.0951. The van der Waals surface area contributed by atoms with Gasteiger partial charge < -0.3 is 0 Å². The number of nitrogens with zero attached hydrogens (tertiary/aromatic N) is 1. The third kappa shape index (κ3) is 3.29. The minimum atomic E-state index is 0.0342. The van der Waals surface area contributed by atoms with Gasteiger partial charge in [-0.2, -0.15) is 0 Å². The van der Waals surface area contributed by atoms with E-state index in [0.717, 1.165) is 0 Å². The number of carbonyl (C=O) groups is 1. The summed E-state index contributed by atoms with van der Waals surface area (Å²) in [5.74, 6) is 0.0342. The molecule has 0 fully saturated rings. The number of halogens is 2. The molecular formula is C10H11Cl2NO. The summed E-state index contributed by atoms with van der Waals surface area (Å²) in [7, 11) is 0. The molecule has 0 aliphatic heterocycles. The molecule has 14 heavy (non-hydrogen) atoms. The fraction of sp³-hybridized carbons (Fsp3) is 0.300. The molecule has 0 atom stereocenters. The van der Waals surface area contributed by atoms with E-state index in [0.29, 0.717) is 5.56 Å². The van der Waals surface area contributed by atoms with E-state index in [1.54, 1.807) is 17.0 Å². The summed E-state index contributed by atoms with van der Waals surface area (Å²) >= 11 is 11.2. The molecule has 1 aromatic rings. The van der Waals surface area contributed by atoms with Crippen LogP contribution < -0.4 is 0 Å². The maximum Gasteiger partial charge on any atom is 0.176 e. The molecule has 0 aliphatic carbocycles. The second-order valence-electron chi connectivity index (χ2n) is 2.86. The van der Waals surface area contributed by atoms with Gasteiger partial charge in [0, 0.05) is 5.56 Å². The van der Waals surface area contributed by atoms with E-state index >= 15 is 0 Å². The molecule has 0 heterocycles. The lowest BCUT2D eigenvalue weighted by Crippen LogP contribution is -2.27. The van der Waals surface area contributed by atoms with Gasteiger partial charge in [-0.1, -0.05) is 30.3 Å². The van der Waals surface area contributed by atoms with Gasteiger partial charge in [0.25, 0.3) is 0 Å². The molecule has 76 valence electrons. The summed E-state index contributed by atoms with van der Waals surface area (Å²) in [6.45, 7) is 0.261.